The molecule has 6 nitrogen and oxygen atoms in total. The van der Waals surface area contributed by atoms with Crippen molar-refractivity contribution < 1.29 is 19.7 Å². The average Bonchev–Trinajstić information content (AvgIpc) is 2.49. The molecule has 0 spiro atoms. The highest BCUT2D eigenvalue weighted by Gasteiger charge is 2.04. The molecule has 0 aliphatic rings. The standard InChI is InChI=1S/C16H16N2O4/c1-22-14-5-6-15(20)12(9-14)10-17-18-16(21)8-11-3-2-4-13(19)7-11/h2-7,9-10,19-20H,8H2,1H3,(H,18,21). The number of phenolic OH excluding ortho intramolecular Hbond substituents is 2. The predicted octanol–water partition coefficient (Wildman–Crippen LogP) is 1.80. The van der Waals surface area contributed by atoms with Crippen molar-refractivity contribution in [3.63, 3.8) is 0 Å². The van der Waals surface area contributed by atoms with E-state index in [2.05, 4.69) is 10.5 Å². The first-order valence-electron chi connectivity index (χ1n) is 6.55. The highest BCUT2D eigenvalue weighted by atomic mass is 16.5. The minimum absolute atomic E-state index is 0.0341. The van der Waals surface area contributed by atoms with Gasteiger partial charge in [-0.05, 0) is 35.9 Å². The zero-order valence-electron chi connectivity index (χ0n) is 12.0. The number of hydrogen-bond donors (Lipinski definition) is 3. The molecule has 0 aliphatic heterocycles. The van der Waals surface area contributed by atoms with Crippen molar-refractivity contribution in [1.82, 2.24) is 5.43 Å². The summed E-state index contributed by atoms with van der Waals surface area (Å²) in [5.41, 5.74) is 3.47. The van der Waals surface area contributed by atoms with Crippen LogP contribution in [-0.4, -0.2) is 29.4 Å². The van der Waals surface area contributed by atoms with Gasteiger partial charge in [-0.1, -0.05) is 12.1 Å². The maximum atomic E-state index is 11.7. The molecular weight excluding hydrogens is 284 g/mol. The normalized spacial score (nSPS) is 10.6. The van der Waals surface area contributed by atoms with E-state index in [1.165, 1.54) is 31.5 Å². The fourth-order valence-corrected chi connectivity index (χ4v) is 1.83. The topological polar surface area (TPSA) is 91.2 Å². The molecule has 6 heteroatoms. The Balaban J connectivity index is 1.96. The summed E-state index contributed by atoms with van der Waals surface area (Å²) < 4.78 is 5.04. The second-order valence-electron chi connectivity index (χ2n) is 4.56. The van der Waals surface area contributed by atoms with Crippen molar-refractivity contribution >= 4 is 12.1 Å². The third-order valence-corrected chi connectivity index (χ3v) is 2.90. The number of hydrazone groups is 1. The molecule has 2 aromatic rings. The first-order chi connectivity index (χ1) is 10.6. The van der Waals surface area contributed by atoms with Crippen LogP contribution in [0.4, 0.5) is 0 Å². The molecular formula is C16H16N2O4. The van der Waals surface area contributed by atoms with E-state index >= 15 is 0 Å². The number of ether oxygens (including phenoxy) is 1. The monoisotopic (exact) mass is 300 g/mol. The number of amides is 1. The van der Waals surface area contributed by atoms with Crippen LogP contribution < -0.4 is 10.2 Å². The van der Waals surface area contributed by atoms with Crippen LogP contribution in [0.3, 0.4) is 0 Å². The van der Waals surface area contributed by atoms with Crippen LogP contribution in [0.15, 0.2) is 47.6 Å². The van der Waals surface area contributed by atoms with Crippen LogP contribution in [0, 0.1) is 0 Å². The maximum absolute atomic E-state index is 11.7. The average molecular weight is 300 g/mol. The summed E-state index contributed by atoms with van der Waals surface area (Å²) in [6.07, 6.45) is 1.42. The molecule has 22 heavy (non-hydrogen) atoms. The summed E-state index contributed by atoms with van der Waals surface area (Å²) in [4.78, 5) is 11.7. The van der Waals surface area contributed by atoms with Crippen LogP contribution >= 0.6 is 0 Å². The lowest BCUT2D eigenvalue weighted by molar-refractivity contribution is -0.120. The molecule has 0 aliphatic carbocycles. The van der Waals surface area contributed by atoms with Crippen molar-refractivity contribution in [3.05, 3.63) is 53.6 Å². The molecule has 0 radical (unpaired) electrons. The zero-order valence-corrected chi connectivity index (χ0v) is 12.0. The Bertz CT molecular complexity index is 698. The first-order valence-corrected chi connectivity index (χ1v) is 6.55. The van der Waals surface area contributed by atoms with E-state index in [1.807, 2.05) is 0 Å². The number of benzene rings is 2. The molecule has 0 atom stereocenters. The van der Waals surface area contributed by atoms with Crippen LogP contribution in [0.25, 0.3) is 0 Å². The first kappa shape index (κ1) is 15.4. The lowest BCUT2D eigenvalue weighted by Gasteiger charge is -2.03. The molecule has 0 bridgehead atoms. The van der Waals surface area contributed by atoms with Gasteiger partial charge in [-0.15, -0.1) is 0 Å². The molecule has 0 aromatic heterocycles. The number of rotatable bonds is 5. The summed E-state index contributed by atoms with van der Waals surface area (Å²) in [7, 11) is 1.52. The number of nitrogens with one attached hydrogen (secondary N) is 1. The smallest absolute Gasteiger partial charge is 0.244 e. The fourth-order valence-electron chi connectivity index (χ4n) is 1.83. The zero-order chi connectivity index (χ0) is 15.9. The van der Waals surface area contributed by atoms with Gasteiger partial charge in [0.1, 0.15) is 17.2 Å². The number of aromatic hydroxyl groups is 2. The summed E-state index contributed by atoms with van der Waals surface area (Å²) in [6.45, 7) is 0. The molecule has 0 saturated heterocycles. The number of phenols is 2. The molecule has 1 amide bonds. The lowest BCUT2D eigenvalue weighted by Crippen LogP contribution is -2.19. The molecule has 0 heterocycles. The number of methoxy groups -OCH3 is 1. The van der Waals surface area contributed by atoms with Gasteiger partial charge in [0.25, 0.3) is 0 Å². The molecule has 2 rings (SSSR count). The number of carbonyl (C=O) groups excluding carboxylic acids is 1. The minimum Gasteiger partial charge on any atom is -0.508 e. The van der Waals surface area contributed by atoms with Gasteiger partial charge in [-0.25, -0.2) is 5.43 Å². The van der Waals surface area contributed by atoms with Gasteiger partial charge in [0.2, 0.25) is 5.91 Å². The van der Waals surface area contributed by atoms with E-state index in [9.17, 15) is 15.0 Å². The van der Waals surface area contributed by atoms with Crippen molar-refractivity contribution in [1.29, 1.82) is 0 Å². The second-order valence-corrected chi connectivity index (χ2v) is 4.56. The van der Waals surface area contributed by atoms with Gasteiger partial charge < -0.3 is 14.9 Å². The summed E-state index contributed by atoms with van der Waals surface area (Å²) in [6, 6.07) is 11.1. The molecule has 3 N–H and O–H groups in total. The van der Waals surface area contributed by atoms with Crippen LogP contribution in [0.2, 0.25) is 0 Å². The van der Waals surface area contributed by atoms with Gasteiger partial charge in [0.05, 0.1) is 19.7 Å². The Kier molecular flexibility index (Phi) is 4.98. The van der Waals surface area contributed by atoms with Gasteiger partial charge >= 0.3 is 0 Å². The third-order valence-electron chi connectivity index (χ3n) is 2.90. The van der Waals surface area contributed by atoms with Crippen molar-refractivity contribution in [2.75, 3.05) is 7.11 Å². The van der Waals surface area contributed by atoms with E-state index in [4.69, 9.17) is 4.74 Å². The quantitative estimate of drug-likeness (QED) is 0.580. The number of carbonyl (C=O) groups is 1. The predicted molar refractivity (Wildman–Crippen MR) is 82.2 cm³/mol. The Labute approximate surface area is 127 Å². The molecule has 2 aromatic carbocycles. The fraction of sp³-hybridized carbons (Fsp3) is 0.125. The lowest BCUT2D eigenvalue weighted by atomic mass is 10.1. The summed E-state index contributed by atoms with van der Waals surface area (Å²) in [5.74, 6) is 0.386. The van der Waals surface area contributed by atoms with Crippen LogP contribution in [0.5, 0.6) is 17.2 Å². The SMILES string of the molecule is COc1ccc(O)c(C=NNC(=O)Cc2cccc(O)c2)c1. The van der Waals surface area contributed by atoms with E-state index < -0.39 is 0 Å². The van der Waals surface area contributed by atoms with Gasteiger partial charge in [-0.2, -0.15) is 5.10 Å². The number of nitrogens with zero attached hydrogens (tertiary/aromatic N) is 1. The minimum atomic E-state index is -0.329. The van der Waals surface area contributed by atoms with E-state index in [-0.39, 0.29) is 23.8 Å². The largest absolute Gasteiger partial charge is 0.508 e. The van der Waals surface area contributed by atoms with Gasteiger partial charge in [0, 0.05) is 5.56 Å². The van der Waals surface area contributed by atoms with E-state index in [0.29, 0.717) is 16.9 Å². The van der Waals surface area contributed by atoms with E-state index in [0.717, 1.165) is 0 Å². The highest BCUT2D eigenvalue weighted by Crippen LogP contribution is 2.20. The van der Waals surface area contributed by atoms with Gasteiger partial charge in [-0.3, -0.25) is 4.79 Å². The van der Waals surface area contributed by atoms with Crippen molar-refractivity contribution in [3.8, 4) is 17.2 Å². The second kappa shape index (κ2) is 7.12. The summed E-state index contributed by atoms with van der Waals surface area (Å²) >= 11 is 0. The Morgan fingerprint density at radius 1 is 1.27 bits per heavy atom. The summed E-state index contributed by atoms with van der Waals surface area (Å²) in [5, 5.41) is 22.8. The molecule has 114 valence electrons. The van der Waals surface area contributed by atoms with Crippen LogP contribution in [0.1, 0.15) is 11.1 Å². The van der Waals surface area contributed by atoms with E-state index in [1.54, 1.807) is 24.3 Å². The highest BCUT2D eigenvalue weighted by molar-refractivity contribution is 5.86. The van der Waals surface area contributed by atoms with Crippen molar-refractivity contribution in [2.24, 2.45) is 5.10 Å². The Morgan fingerprint density at radius 2 is 2.09 bits per heavy atom. The maximum Gasteiger partial charge on any atom is 0.244 e. The molecule has 0 saturated carbocycles. The van der Waals surface area contributed by atoms with Gasteiger partial charge in [0.15, 0.2) is 0 Å². The Morgan fingerprint density at radius 3 is 2.82 bits per heavy atom. The van der Waals surface area contributed by atoms with Crippen molar-refractivity contribution in [2.45, 2.75) is 6.42 Å². The molecule has 0 unspecified atom stereocenters. The third kappa shape index (κ3) is 4.24. The van der Waals surface area contributed by atoms with Crippen LogP contribution in [-0.2, 0) is 11.2 Å². The number of hydrogen-bond acceptors (Lipinski definition) is 5. The Hall–Kier alpha value is -3.02. The molecule has 0 fully saturated rings.